The first-order valence-electron chi connectivity index (χ1n) is 22.7. The maximum atomic E-state index is 14.0. The third kappa shape index (κ3) is 7.61. The molecule has 0 atom stereocenters. The van der Waals surface area contributed by atoms with Crippen molar-refractivity contribution in [2.75, 3.05) is 21.3 Å². The van der Waals surface area contributed by atoms with Crippen LogP contribution in [0.3, 0.4) is 0 Å². The second kappa shape index (κ2) is 16.6. The molecule has 336 valence electrons. The van der Waals surface area contributed by atoms with Gasteiger partial charge in [0.1, 0.15) is 25.8 Å². The SMILES string of the molecule is Brc1cnc2[nH]ccc2n1.COc1cc(-c2cnc3[nH]cc(C(=O)C45CC6CC(CC(C6)C4)C5)c3n2)cc(OC)c1OC.O=C(c1c[nH]c2ncc(Br)nc12)C12CC3CC(CC(C3)C1)C2. The normalized spacial score (nSPS) is 27.9. The zero-order valence-corrected chi connectivity index (χ0v) is 39.8. The van der Waals surface area contributed by atoms with Crippen LogP contribution in [0.2, 0.25) is 0 Å². The van der Waals surface area contributed by atoms with Crippen LogP contribution in [0.1, 0.15) is 97.8 Å². The molecule has 6 heterocycles. The van der Waals surface area contributed by atoms with Crippen molar-refractivity contribution < 1.29 is 23.8 Å². The van der Waals surface area contributed by atoms with Gasteiger partial charge in [-0.25, -0.2) is 29.9 Å². The Bertz CT molecular complexity index is 2880. The van der Waals surface area contributed by atoms with Crippen molar-refractivity contribution in [2.24, 2.45) is 46.3 Å². The number of aromatic nitrogens is 9. The van der Waals surface area contributed by atoms with Gasteiger partial charge in [-0.1, -0.05) is 0 Å². The summed E-state index contributed by atoms with van der Waals surface area (Å²) in [5, 5.41) is 0. The van der Waals surface area contributed by atoms with Crippen LogP contribution in [0.4, 0.5) is 0 Å². The number of carbonyl (C=O) groups is 2. The van der Waals surface area contributed by atoms with Gasteiger partial charge >= 0.3 is 0 Å². The zero-order chi connectivity index (χ0) is 44.6. The molecule has 0 saturated heterocycles. The van der Waals surface area contributed by atoms with Gasteiger partial charge in [0.05, 0.1) is 56.7 Å². The van der Waals surface area contributed by atoms with Crippen LogP contribution in [0.15, 0.2) is 64.6 Å². The van der Waals surface area contributed by atoms with E-state index < -0.39 is 0 Å². The summed E-state index contributed by atoms with van der Waals surface area (Å²) >= 11 is 6.60. The highest BCUT2D eigenvalue weighted by atomic mass is 79.9. The number of nitrogens with one attached hydrogen (secondary N) is 3. The Labute approximate surface area is 392 Å². The Kier molecular flexibility index (Phi) is 10.8. The molecular formula is C49H51Br2N9O5. The molecule has 1 aromatic carbocycles. The fraction of sp³-hybridized carbons (Fsp3) is 0.469. The lowest BCUT2D eigenvalue weighted by Crippen LogP contribution is -2.50. The molecular weight excluding hydrogens is 954 g/mol. The number of hydrogen-bond donors (Lipinski definition) is 3. The highest BCUT2D eigenvalue weighted by Gasteiger charge is 2.56. The molecule has 8 bridgehead atoms. The predicted octanol–water partition coefficient (Wildman–Crippen LogP) is 10.9. The molecule has 0 spiro atoms. The first kappa shape index (κ1) is 42.4. The Morgan fingerprint density at radius 1 is 0.585 bits per heavy atom. The standard InChI is InChI=1S/C26H29N3O4.C17H18BrN3O.C6H4BrN3/c1-31-20-7-17(8-21(32-2)23(20)33-3)19-13-28-25-22(29-19)18(12-27-25)24(30)26-9-14-4-15(10-26)6-16(5-14)11-26;18-13-8-20-16-14(21-13)12(7-19-16)15(22)17-4-9-1-10(5-17)3-11(2-9)6-17;7-5-3-9-6-4(10-5)1-2-8-6/h7-8,12-16H,4-6,9-11H2,1-3H3,(H,27,28);7-11H,1-6H2,(H,19,20);1-3H,(H,8,9). The predicted molar refractivity (Wildman–Crippen MR) is 252 cm³/mol. The summed E-state index contributed by atoms with van der Waals surface area (Å²) in [4.78, 5) is 63.1. The first-order chi connectivity index (χ1) is 31.5. The minimum absolute atomic E-state index is 0.117. The van der Waals surface area contributed by atoms with Gasteiger partial charge in [-0.2, -0.15) is 0 Å². The second-order valence-corrected chi connectivity index (χ2v) is 21.2. The van der Waals surface area contributed by atoms with Gasteiger partial charge in [0.25, 0.3) is 0 Å². The van der Waals surface area contributed by atoms with Crippen molar-refractivity contribution in [1.82, 2.24) is 44.9 Å². The average molecular weight is 1010 g/mol. The largest absolute Gasteiger partial charge is 0.493 e. The van der Waals surface area contributed by atoms with E-state index in [4.69, 9.17) is 19.2 Å². The van der Waals surface area contributed by atoms with E-state index in [0.717, 1.165) is 88.7 Å². The molecule has 8 fully saturated rings. The van der Waals surface area contributed by atoms with Crippen molar-refractivity contribution in [1.29, 1.82) is 0 Å². The molecule has 0 radical (unpaired) electrons. The lowest BCUT2D eigenvalue weighted by Gasteiger charge is -2.55. The van der Waals surface area contributed by atoms with Gasteiger partial charge in [-0.05, 0) is 163 Å². The van der Waals surface area contributed by atoms with Gasteiger partial charge in [0, 0.05) is 35.0 Å². The number of aromatic amines is 3. The fourth-order valence-electron chi connectivity index (χ4n) is 13.6. The number of fused-ring (bicyclic) bond motifs is 3. The van der Waals surface area contributed by atoms with Crippen LogP contribution in [0, 0.1) is 46.3 Å². The number of hydrogen-bond acceptors (Lipinski definition) is 11. The molecule has 0 aliphatic heterocycles. The Balaban J connectivity index is 0.000000125. The molecule has 0 amide bonds. The lowest BCUT2D eigenvalue weighted by atomic mass is 9.48. The maximum Gasteiger partial charge on any atom is 0.203 e. The van der Waals surface area contributed by atoms with Crippen LogP contribution < -0.4 is 14.2 Å². The minimum atomic E-state index is -0.214. The maximum absolute atomic E-state index is 14.0. The molecule has 8 aliphatic rings. The number of methoxy groups -OCH3 is 3. The highest BCUT2D eigenvalue weighted by molar-refractivity contribution is 9.10. The van der Waals surface area contributed by atoms with Crippen molar-refractivity contribution >= 4 is 76.9 Å². The Hall–Kier alpha value is -5.22. The molecule has 14 nitrogen and oxygen atoms in total. The molecule has 3 N–H and O–H groups in total. The number of rotatable bonds is 8. The quantitative estimate of drug-likeness (QED) is 0.123. The van der Waals surface area contributed by atoms with Crippen molar-refractivity contribution in [3.63, 3.8) is 0 Å². The van der Waals surface area contributed by atoms with E-state index in [0.29, 0.717) is 73.5 Å². The van der Waals surface area contributed by atoms with Crippen molar-refractivity contribution in [3.05, 3.63) is 75.7 Å². The summed E-state index contributed by atoms with van der Waals surface area (Å²) in [6.45, 7) is 0. The van der Waals surface area contributed by atoms with Crippen molar-refractivity contribution in [2.45, 2.75) is 77.0 Å². The summed E-state index contributed by atoms with van der Waals surface area (Å²) in [5.74, 6) is 6.66. The van der Waals surface area contributed by atoms with Crippen molar-refractivity contribution in [3.8, 4) is 28.5 Å². The number of carbonyl (C=O) groups excluding carboxylic acids is 2. The van der Waals surface area contributed by atoms with Gasteiger partial charge in [0.15, 0.2) is 40.0 Å². The lowest BCUT2D eigenvalue weighted by molar-refractivity contribution is -0.0352. The van der Waals surface area contributed by atoms with Crippen LogP contribution in [0.5, 0.6) is 17.2 Å². The third-order valence-corrected chi connectivity index (χ3v) is 16.2. The topological polar surface area (TPSA) is 187 Å². The first-order valence-corrected chi connectivity index (χ1v) is 24.3. The van der Waals surface area contributed by atoms with Crippen LogP contribution in [0.25, 0.3) is 44.7 Å². The summed E-state index contributed by atoms with van der Waals surface area (Å²) in [7, 11) is 4.75. The number of ketones is 2. The highest BCUT2D eigenvalue weighted by Crippen LogP contribution is 2.62. The zero-order valence-electron chi connectivity index (χ0n) is 36.6. The van der Waals surface area contributed by atoms with E-state index in [1.54, 1.807) is 39.9 Å². The van der Waals surface area contributed by atoms with E-state index in [2.05, 4.69) is 71.7 Å². The van der Waals surface area contributed by atoms with Crippen LogP contribution in [-0.2, 0) is 0 Å². The molecule has 0 unspecified atom stereocenters. The van der Waals surface area contributed by atoms with E-state index >= 15 is 0 Å². The second-order valence-electron chi connectivity index (χ2n) is 19.6. The molecule has 7 aromatic rings. The minimum Gasteiger partial charge on any atom is -0.493 e. The molecule has 16 heteroatoms. The van der Waals surface area contributed by atoms with Gasteiger partial charge in [-0.3, -0.25) is 9.59 Å². The van der Waals surface area contributed by atoms with E-state index in [9.17, 15) is 9.59 Å². The van der Waals surface area contributed by atoms with Gasteiger partial charge < -0.3 is 29.2 Å². The number of Topliss-reactive ketones (excluding diaryl/α,β-unsaturated/α-hetero) is 2. The number of H-pyrrole nitrogens is 3. The van der Waals surface area contributed by atoms with Crippen LogP contribution in [-0.4, -0.2) is 77.8 Å². The van der Waals surface area contributed by atoms with Gasteiger partial charge in [-0.15, -0.1) is 0 Å². The van der Waals surface area contributed by atoms with E-state index in [1.807, 2.05) is 36.8 Å². The number of benzene rings is 1. The fourth-order valence-corrected chi connectivity index (χ4v) is 14.2. The number of ether oxygens (including phenoxy) is 3. The number of halogens is 2. The Morgan fingerprint density at radius 3 is 1.51 bits per heavy atom. The molecule has 8 aliphatic carbocycles. The Morgan fingerprint density at radius 2 is 1.03 bits per heavy atom. The van der Waals surface area contributed by atoms with E-state index in [1.165, 1.54) is 38.5 Å². The van der Waals surface area contributed by atoms with Crippen LogP contribution >= 0.6 is 31.9 Å². The smallest absolute Gasteiger partial charge is 0.203 e. The molecule has 65 heavy (non-hydrogen) atoms. The van der Waals surface area contributed by atoms with Gasteiger partial charge in [0.2, 0.25) is 5.75 Å². The average Bonchev–Trinajstić information content (AvgIpc) is 4.06. The summed E-state index contributed by atoms with van der Waals surface area (Å²) in [5.41, 5.74) is 6.93. The molecule has 8 saturated carbocycles. The summed E-state index contributed by atoms with van der Waals surface area (Å²) in [6, 6.07) is 5.59. The molecule has 15 rings (SSSR count). The monoisotopic (exact) mass is 1000 g/mol. The molecule has 6 aromatic heterocycles. The summed E-state index contributed by atoms with van der Waals surface area (Å²) in [6.07, 6.45) is 24.8. The third-order valence-electron chi connectivity index (χ3n) is 15.5. The summed E-state index contributed by atoms with van der Waals surface area (Å²) < 4.78 is 17.9. The number of nitrogens with zero attached hydrogens (tertiary/aromatic N) is 6. The van der Waals surface area contributed by atoms with E-state index in [-0.39, 0.29) is 16.6 Å².